The van der Waals surface area contributed by atoms with Gasteiger partial charge in [0.05, 0.1) is 0 Å². The summed E-state index contributed by atoms with van der Waals surface area (Å²) in [7, 11) is 0. The molecule has 1 amide bonds. The zero-order valence-corrected chi connectivity index (χ0v) is 11.3. The number of primary amides is 1. The summed E-state index contributed by atoms with van der Waals surface area (Å²) >= 11 is 2.26. The second-order valence-corrected chi connectivity index (χ2v) is 4.99. The third kappa shape index (κ3) is 3.33. The van der Waals surface area contributed by atoms with Crippen molar-refractivity contribution in [3.05, 3.63) is 45.7 Å². The van der Waals surface area contributed by atoms with E-state index in [9.17, 15) is 4.79 Å². The molecule has 0 atom stereocenters. The Hall–Kier alpha value is -1.30. The fraction of sp³-hybridized carbons (Fsp3) is 0.154. The van der Waals surface area contributed by atoms with Crippen molar-refractivity contribution in [3.63, 3.8) is 0 Å². The molecule has 1 aromatic heterocycles. The van der Waals surface area contributed by atoms with Crippen LogP contribution in [0.1, 0.15) is 12.2 Å². The summed E-state index contributed by atoms with van der Waals surface area (Å²) in [5, 5.41) is 0. The smallest absolute Gasteiger partial charge is 0.217 e. The van der Waals surface area contributed by atoms with E-state index >= 15 is 0 Å². The van der Waals surface area contributed by atoms with Crippen LogP contribution in [0.15, 0.2) is 40.8 Å². The predicted octanol–water partition coefficient (Wildman–Crippen LogP) is 2.97. The van der Waals surface area contributed by atoms with Crippen molar-refractivity contribution in [3.8, 4) is 11.3 Å². The summed E-state index contributed by atoms with van der Waals surface area (Å²) in [6.07, 6.45) is 0.874. The Bertz CT molecular complexity index is 534. The van der Waals surface area contributed by atoms with Gasteiger partial charge in [-0.05, 0) is 46.9 Å². The Morgan fingerprint density at radius 3 is 2.82 bits per heavy atom. The van der Waals surface area contributed by atoms with E-state index in [0.29, 0.717) is 12.8 Å². The largest absolute Gasteiger partial charge is 0.461 e. The van der Waals surface area contributed by atoms with Crippen LogP contribution in [0.5, 0.6) is 0 Å². The van der Waals surface area contributed by atoms with Crippen molar-refractivity contribution < 1.29 is 9.21 Å². The Balaban J connectivity index is 2.15. The minimum Gasteiger partial charge on any atom is -0.461 e. The minimum atomic E-state index is -0.308. The van der Waals surface area contributed by atoms with Gasteiger partial charge < -0.3 is 10.2 Å². The summed E-state index contributed by atoms with van der Waals surface area (Å²) in [6, 6.07) is 11.9. The molecule has 2 rings (SSSR count). The molecule has 88 valence electrons. The van der Waals surface area contributed by atoms with Crippen LogP contribution in [0.2, 0.25) is 0 Å². The van der Waals surface area contributed by atoms with E-state index in [1.165, 1.54) is 0 Å². The van der Waals surface area contributed by atoms with Crippen molar-refractivity contribution >= 4 is 28.5 Å². The predicted molar refractivity (Wildman–Crippen MR) is 74.4 cm³/mol. The number of amides is 1. The highest BCUT2D eigenvalue weighted by Gasteiger charge is 2.06. The van der Waals surface area contributed by atoms with Crippen molar-refractivity contribution in [1.29, 1.82) is 0 Å². The van der Waals surface area contributed by atoms with Crippen molar-refractivity contribution in [2.24, 2.45) is 5.73 Å². The van der Waals surface area contributed by atoms with E-state index in [1.54, 1.807) is 0 Å². The molecule has 0 saturated carbocycles. The molecule has 2 aromatic rings. The Morgan fingerprint density at radius 1 is 1.29 bits per heavy atom. The fourth-order valence-electron chi connectivity index (χ4n) is 1.56. The first-order valence-electron chi connectivity index (χ1n) is 5.28. The molecule has 17 heavy (non-hydrogen) atoms. The molecule has 0 saturated heterocycles. The highest BCUT2D eigenvalue weighted by atomic mass is 127. The van der Waals surface area contributed by atoms with E-state index in [1.807, 2.05) is 30.3 Å². The van der Waals surface area contributed by atoms with Gasteiger partial charge in [0.25, 0.3) is 0 Å². The summed E-state index contributed by atoms with van der Waals surface area (Å²) in [6.45, 7) is 0. The van der Waals surface area contributed by atoms with Gasteiger partial charge in [0.2, 0.25) is 5.91 Å². The molecule has 0 aliphatic rings. The van der Waals surface area contributed by atoms with Crippen LogP contribution in [0.3, 0.4) is 0 Å². The maximum Gasteiger partial charge on any atom is 0.217 e. The summed E-state index contributed by atoms with van der Waals surface area (Å²) < 4.78 is 6.83. The first kappa shape index (κ1) is 12.2. The lowest BCUT2D eigenvalue weighted by Crippen LogP contribution is -2.10. The number of hydrogen-bond acceptors (Lipinski definition) is 2. The first-order chi connectivity index (χ1) is 8.15. The van der Waals surface area contributed by atoms with Crippen LogP contribution < -0.4 is 5.73 Å². The van der Waals surface area contributed by atoms with Gasteiger partial charge in [0.1, 0.15) is 11.5 Å². The fourth-order valence-corrected chi connectivity index (χ4v) is 2.10. The molecule has 1 aromatic carbocycles. The highest BCUT2D eigenvalue weighted by Crippen LogP contribution is 2.24. The van der Waals surface area contributed by atoms with Crippen LogP contribution in [-0.4, -0.2) is 5.91 Å². The van der Waals surface area contributed by atoms with Gasteiger partial charge in [-0.25, -0.2) is 0 Å². The summed E-state index contributed by atoms with van der Waals surface area (Å²) in [5.41, 5.74) is 6.14. The average Bonchev–Trinajstić information content (AvgIpc) is 2.75. The molecule has 0 radical (unpaired) electrons. The van der Waals surface area contributed by atoms with Gasteiger partial charge in [0, 0.05) is 22.0 Å². The Labute approximate surface area is 113 Å². The maximum atomic E-state index is 10.7. The maximum absolute atomic E-state index is 10.7. The van der Waals surface area contributed by atoms with Crippen LogP contribution in [0, 0.1) is 3.57 Å². The van der Waals surface area contributed by atoms with Gasteiger partial charge in [-0.15, -0.1) is 0 Å². The molecule has 0 bridgehead atoms. The number of carbonyl (C=O) groups excluding carboxylic acids is 1. The number of rotatable bonds is 4. The quantitative estimate of drug-likeness (QED) is 0.870. The topological polar surface area (TPSA) is 56.2 Å². The van der Waals surface area contributed by atoms with Crippen molar-refractivity contribution in [1.82, 2.24) is 0 Å². The number of aryl methyl sites for hydroxylation is 1. The lowest BCUT2D eigenvalue weighted by molar-refractivity contribution is -0.118. The van der Waals surface area contributed by atoms with E-state index in [4.69, 9.17) is 10.2 Å². The molecule has 0 fully saturated rings. The lowest BCUT2D eigenvalue weighted by atomic mass is 10.2. The zero-order chi connectivity index (χ0) is 12.3. The van der Waals surface area contributed by atoms with Crippen LogP contribution in [0.4, 0.5) is 0 Å². The normalized spacial score (nSPS) is 10.4. The lowest BCUT2D eigenvalue weighted by Gasteiger charge is -1.98. The van der Waals surface area contributed by atoms with E-state index in [0.717, 1.165) is 20.7 Å². The van der Waals surface area contributed by atoms with Crippen LogP contribution in [0.25, 0.3) is 11.3 Å². The van der Waals surface area contributed by atoms with Gasteiger partial charge in [-0.3, -0.25) is 4.79 Å². The third-order valence-corrected chi connectivity index (χ3v) is 3.06. The molecular formula is C13H12INO2. The number of nitrogens with two attached hydrogens (primary N) is 1. The van der Waals surface area contributed by atoms with Crippen molar-refractivity contribution in [2.75, 3.05) is 0 Å². The van der Waals surface area contributed by atoms with Crippen molar-refractivity contribution in [2.45, 2.75) is 12.8 Å². The number of carbonyl (C=O) groups is 1. The molecule has 0 unspecified atom stereocenters. The van der Waals surface area contributed by atoms with E-state index in [-0.39, 0.29) is 5.91 Å². The number of halogens is 1. The van der Waals surface area contributed by atoms with Gasteiger partial charge >= 0.3 is 0 Å². The Morgan fingerprint density at radius 2 is 2.12 bits per heavy atom. The minimum absolute atomic E-state index is 0.308. The monoisotopic (exact) mass is 341 g/mol. The zero-order valence-electron chi connectivity index (χ0n) is 9.15. The second-order valence-electron chi connectivity index (χ2n) is 3.74. The molecule has 1 heterocycles. The Kier molecular flexibility index (Phi) is 3.83. The number of furan rings is 1. The molecular weight excluding hydrogens is 329 g/mol. The van der Waals surface area contributed by atoms with Gasteiger partial charge in [-0.2, -0.15) is 0 Å². The SMILES string of the molecule is NC(=O)CCc1ccc(-c2cccc(I)c2)o1. The first-order valence-corrected chi connectivity index (χ1v) is 6.36. The number of benzene rings is 1. The molecule has 2 N–H and O–H groups in total. The van der Waals surface area contributed by atoms with E-state index < -0.39 is 0 Å². The second kappa shape index (κ2) is 5.35. The molecule has 4 heteroatoms. The van der Waals surface area contributed by atoms with Crippen LogP contribution in [-0.2, 0) is 11.2 Å². The third-order valence-electron chi connectivity index (χ3n) is 2.39. The molecule has 0 aliphatic heterocycles. The summed E-state index contributed by atoms with van der Waals surface area (Å²) in [5.74, 6) is 1.30. The average molecular weight is 341 g/mol. The van der Waals surface area contributed by atoms with E-state index in [2.05, 4.69) is 28.7 Å². The van der Waals surface area contributed by atoms with Crippen LogP contribution >= 0.6 is 22.6 Å². The van der Waals surface area contributed by atoms with Gasteiger partial charge in [-0.1, -0.05) is 12.1 Å². The molecule has 0 aliphatic carbocycles. The standard InChI is InChI=1S/C13H12INO2/c14-10-3-1-2-9(8-10)12-6-4-11(17-12)5-7-13(15)16/h1-4,6,8H,5,7H2,(H2,15,16). The molecule has 0 spiro atoms. The molecule has 3 nitrogen and oxygen atoms in total. The summed E-state index contributed by atoms with van der Waals surface area (Å²) in [4.78, 5) is 10.7. The number of hydrogen-bond donors (Lipinski definition) is 1. The van der Waals surface area contributed by atoms with Gasteiger partial charge in [0.15, 0.2) is 0 Å². The highest BCUT2D eigenvalue weighted by molar-refractivity contribution is 14.1.